The Morgan fingerprint density at radius 1 is 1.16 bits per heavy atom. The fraction of sp³-hybridized carbons (Fsp3) is 0. The summed E-state index contributed by atoms with van der Waals surface area (Å²) in [6.45, 7) is 0. The second-order valence-electron chi connectivity index (χ2n) is 3.66. The molecular formula is C13H8BrF2NOS. The van der Waals surface area contributed by atoms with Crippen LogP contribution >= 0.6 is 28.1 Å². The van der Waals surface area contributed by atoms with Crippen molar-refractivity contribution in [1.29, 1.82) is 0 Å². The zero-order valence-electron chi connectivity index (χ0n) is 9.49. The molecule has 0 saturated heterocycles. The minimum Gasteiger partial charge on any atom is -0.456 e. The van der Waals surface area contributed by atoms with Crippen molar-refractivity contribution in [1.82, 2.24) is 0 Å². The van der Waals surface area contributed by atoms with Gasteiger partial charge in [-0.15, -0.1) is 0 Å². The number of ether oxygens (including phenoxy) is 1. The molecule has 2 nitrogen and oxygen atoms in total. The van der Waals surface area contributed by atoms with E-state index in [1.807, 2.05) is 0 Å². The molecule has 0 amide bonds. The standard InChI is InChI=1S/C13H8BrF2NOS/c14-8-2-1-3-11(12(8)13(17)19)18-7-4-5-9(15)10(16)6-7/h1-6H,(H2,17,19). The summed E-state index contributed by atoms with van der Waals surface area (Å²) < 4.78 is 32.1. The number of halogens is 3. The van der Waals surface area contributed by atoms with E-state index < -0.39 is 11.6 Å². The quantitative estimate of drug-likeness (QED) is 0.850. The maximum absolute atomic E-state index is 13.1. The van der Waals surface area contributed by atoms with Crippen LogP contribution in [0.3, 0.4) is 0 Å². The van der Waals surface area contributed by atoms with Gasteiger partial charge in [0.2, 0.25) is 0 Å². The van der Waals surface area contributed by atoms with Gasteiger partial charge < -0.3 is 10.5 Å². The Bertz CT molecular complexity index is 649. The molecule has 0 radical (unpaired) electrons. The highest BCUT2D eigenvalue weighted by atomic mass is 79.9. The van der Waals surface area contributed by atoms with Crippen molar-refractivity contribution >= 4 is 33.1 Å². The first kappa shape index (κ1) is 13.9. The molecule has 6 heteroatoms. The van der Waals surface area contributed by atoms with Crippen LogP contribution < -0.4 is 10.5 Å². The van der Waals surface area contributed by atoms with Crippen molar-refractivity contribution in [3.63, 3.8) is 0 Å². The van der Waals surface area contributed by atoms with E-state index in [0.29, 0.717) is 15.8 Å². The van der Waals surface area contributed by atoms with Crippen molar-refractivity contribution in [2.45, 2.75) is 0 Å². The van der Waals surface area contributed by atoms with Crippen molar-refractivity contribution in [2.75, 3.05) is 0 Å². The smallest absolute Gasteiger partial charge is 0.162 e. The van der Waals surface area contributed by atoms with Gasteiger partial charge in [-0.1, -0.05) is 18.3 Å². The maximum Gasteiger partial charge on any atom is 0.162 e. The van der Waals surface area contributed by atoms with Gasteiger partial charge >= 0.3 is 0 Å². The Labute approximate surface area is 122 Å². The third-order valence-electron chi connectivity index (χ3n) is 2.34. The minimum atomic E-state index is -0.982. The fourth-order valence-electron chi connectivity index (χ4n) is 1.50. The molecule has 2 N–H and O–H groups in total. The Hall–Kier alpha value is -1.53. The van der Waals surface area contributed by atoms with E-state index in [-0.39, 0.29) is 10.7 Å². The summed E-state index contributed by atoms with van der Waals surface area (Å²) in [4.78, 5) is 0.144. The Balaban J connectivity index is 2.40. The van der Waals surface area contributed by atoms with Gasteiger partial charge in [-0.2, -0.15) is 0 Å². The molecule has 0 fully saturated rings. The Kier molecular flexibility index (Phi) is 4.11. The minimum absolute atomic E-state index is 0.144. The first-order valence-electron chi connectivity index (χ1n) is 5.20. The molecule has 2 rings (SSSR count). The summed E-state index contributed by atoms with van der Waals surface area (Å²) in [5.41, 5.74) is 6.11. The first-order valence-corrected chi connectivity index (χ1v) is 6.40. The molecule has 0 aliphatic rings. The Morgan fingerprint density at radius 3 is 2.53 bits per heavy atom. The summed E-state index contributed by atoms with van der Waals surface area (Å²) in [5.74, 6) is -1.39. The summed E-state index contributed by atoms with van der Waals surface area (Å²) in [6.07, 6.45) is 0. The van der Waals surface area contributed by atoms with Crippen molar-refractivity contribution < 1.29 is 13.5 Å². The molecule has 0 spiro atoms. The number of nitrogens with two attached hydrogens (primary N) is 1. The maximum atomic E-state index is 13.1. The molecule has 2 aromatic rings. The third-order valence-corrected chi connectivity index (χ3v) is 3.21. The third kappa shape index (κ3) is 3.08. The van der Waals surface area contributed by atoms with Crippen LogP contribution in [0.25, 0.3) is 0 Å². The predicted molar refractivity (Wildman–Crippen MR) is 76.5 cm³/mol. The van der Waals surface area contributed by atoms with Gasteiger partial charge in [0.1, 0.15) is 16.5 Å². The van der Waals surface area contributed by atoms with Crippen LogP contribution in [0.1, 0.15) is 5.56 Å². The van der Waals surface area contributed by atoms with Crippen LogP contribution in [0.5, 0.6) is 11.5 Å². The SMILES string of the molecule is NC(=S)c1c(Br)cccc1Oc1ccc(F)c(F)c1. The van der Waals surface area contributed by atoms with Crippen molar-refractivity contribution in [2.24, 2.45) is 5.73 Å². The molecule has 0 saturated carbocycles. The van der Waals surface area contributed by atoms with E-state index in [9.17, 15) is 8.78 Å². The van der Waals surface area contributed by atoms with Gasteiger partial charge in [0.25, 0.3) is 0 Å². The molecule has 0 aliphatic heterocycles. The summed E-state index contributed by atoms with van der Waals surface area (Å²) in [7, 11) is 0. The average molecular weight is 344 g/mol. The Morgan fingerprint density at radius 2 is 1.89 bits per heavy atom. The highest BCUT2D eigenvalue weighted by molar-refractivity contribution is 9.10. The zero-order chi connectivity index (χ0) is 14.0. The van der Waals surface area contributed by atoms with Crippen LogP contribution in [-0.2, 0) is 0 Å². The number of hydrogen-bond acceptors (Lipinski definition) is 2. The van der Waals surface area contributed by atoms with Gasteiger partial charge in [0, 0.05) is 10.5 Å². The molecule has 0 aromatic heterocycles. The largest absolute Gasteiger partial charge is 0.456 e. The molecule has 0 bridgehead atoms. The summed E-state index contributed by atoms with van der Waals surface area (Å²) >= 11 is 8.24. The molecule has 98 valence electrons. The van der Waals surface area contributed by atoms with Crippen LogP contribution in [-0.4, -0.2) is 4.99 Å². The van der Waals surface area contributed by atoms with E-state index in [1.165, 1.54) is 6.07 Å². The molecule has 0 unspecified atom stereocenters. The lowest BCUT2D eigenvalue weighted by molar-refractivity contribution is 0.460. The van der Waals surface area contributed by atoms with Gasteiger partial charge in [-0.3, -0.25) is 0 Å². The topological polar surface area (TPSA) is 35.2 Å². The molecular weight excluding hydrogens is 336 g/mol. The van der Waals surface area contributed by atoms with E-state index >= 15 is 0 Å². The normalized spacial score (nSPS) is 10.3. The van der Waals surface area contributed by atoms with Gasteiger partial charge in [0.15, 0.2) is 11.6 Å². The van der Waals surface area contributed by atoms with Gasteiger partial charge in [-0.25, -0.2) is 8.78 Å². The van der Waals surface area contributed by atoms with Gasteiger partial charge in [0.05, 0.1) is 5.56 Å². The van der Waals surface area contributed by atoms with Crippen LogP contribution in [0.15, 0.2) is 40.9 Å². The second-order valence-corrected chi connectivity index (χ2v) is 4.95. The highest BCUT2D eigenvalue weighted by Gasteiger charge is 2.12. The number of thiocarbonyl (C=S) groups is 1. The molecule has 0 heterocycles. The number of hydrogen-bond donors (Lipinski definition) is 1. The van der Waals surface area contributed by atoms with E-state index in [2.05, 4.69) is 15.9 Å². The first-order chi connectivity index (χ1) is 8.99. The highest BCUT2D eigenvalue weighted by Crippen LogP contribution is 2.31. The predicted octanol–water partition coefficient (Wildman–Crippen LogP) is 4.15. The monoisotopic (exact) mass is 343 g/mol. The summed E-state index contributed by atoms with van der Waals surface area (Å²) in [5, 5.41) is 0. The van der Waals surface area contributed by atoms with E-state index in [0.717, 1.165) is 12.1 Å². The summed E-state index contributed by atoms with van der Waals surface area (Å²) in [6, 6.07) is 8.39. The van der Waals surface area contributed by atoms with E-state index in [1.54, 1.807) is 18.2 Å². The lowest BCUT2D eigenvalue weighted by Crippen LogP contribution is -2.11. The number of benzene rings is 2. The van der Waals surface area contributed by atoms with Gasteiger partial charge in [-0.05, 0) is 40.2 Å². The van der Waals surface area contributed by atoms with Crippen LogP contribution in [0.4, 0.5) is 8.78 Å². The number of rotatable bonds is 3. The van der Waals surface area contributed by atoms with Crippen LogP contribution in [0, 0.1) is 11.6 Å². The van der Waals surface area contributed by atoms with Crippen LogP contribution in [0.2, 0.25) is 0 Å². The zero-order valence-corrected chi connectivity index (χ0v) is 11.9. The fourth-order valence-corrected chi connectivity index (χ4v) is 2.40. The second kappa shape index (κ2) is 5.63. The molecule has 0 atom stereocenters. The van der Waals surface area contributed by atoms with Crippen molar-refractivity contribution in [3.05, 3.63) is 58.1 Å². The van der Waals surface area contributed by atoms with E-state index in [4.69, 9.17) is 22.7 Å². The van der Waals surface area contributed by atoms with Crippen molar-refractivity contribution in [3.8, 4) is 11.5 Å². The molecule has 19 heavy (non-hydrogen) atoms. The molecule has 0 aliphatic carbocycles. The lowest BCUT2D eigenvalue weighted by atomic mass is 10.2. The lowest BCUT2D eigenvalue weighted by Gasteiger charge is -2.11. The molecule has 2 aromatic carbocycles. The average Bonchev–Trinajstić information content (AvgIpc) is 2.33.